The van der Waals surface area contributed by atoms with E-state index < -0.39 is 12.0 Å². The number of amides is 3. The molecule has 2 aliphatic heterocycles. The highest BCUT2D eigenvalue weighted by molar-refractivity contribution is 6.34. The zero-order valence-corrected chi connectivity index (χ0v) is 22.3. The number of likely N-dealkylation sites (tertiary alicyclic amines) is 1. The molecule has 0 radical (unpaired) electrons. The molecule has 1 N–H and O–H groups in total. The van der Waals surface area contributed by atoms with Crippen LogP contribution in [0.15, 0.2) is 42.7 Å². The van der Waals surface area contributed by atoms with Gasteiger partial charge in [-0.05, 0) is 31.2 Å². The van der Waals surface area contributed by atoms with E-state index in [-0.39, 0.29) is 57.8 Å². The maximum Gasteiger partial charge on any atom is 0.263 e. The number of rotatable bonds is 6. The number of nitrogens with zero attached hydrogens (tertiary/aromatic N) is 4. The van der Waals surface area contributed by atoms with Crippen molar-refractivity contribution in [3.63, 3.8) is 0 Å². The van der Waals surface area contributed by atoms with E-state index in [0.29, 0.717) is 30.8 Å². The van der Waals surface area contributed by atoms with Gasteiger partial charge >= 0.3 is 0 Å². The van der Waals surface area contributed by atoms with Crippen molar-refractivity contribution in [1.29, 1.82) is 0 Å². The lowest BCUT2D eigenvalue weighted by molar-refractivity contribution is -0.132. The molecule has 12 heteroatoms. The first-order valence-electron chi connectivity index (χ1n) is 12.2. The zero-order chi connectivity index (χ0) is 27.7. The summed E-state index contributed by atoms with van der Waals surface area (Å²) in [5, 5.41) is 2.82. The summed E-state index contributed by atoms with van der Waals surface area (Å²) in [6.07, 6.45) is 2.82. The molecular weight excluding hydrogens is 526 g/mol. The number of anilines is 1. The molecule has 2 aliphatic rings. The standard InChI is InChI=1S/C27H26ClN5O6/c1-15-13-30-22(14-29-15)31-25(34)16-10-17(12-18(11-16)39-21-6-7-32(2)27(21)36)38-20-5-4-19-24(23(20)28)37-9-8-33(3)26(19)35/h4-5,10-14,21H,6-9H2,1-3H3,(H,30,31,34)/t21-/m0/s1. The monoisotopic (exact) mass is 551 g/mol. The molecule has 3 heterocycles. The Bertz CT molecular complexity index is 1450. The Labute approximate surface area is 229 Å². The molecule has 5 rings (SSSR count). The molecule has 3 amide bonds. The number of fused-ring (bicyclic) bond motifs is 1. The van der Waals surface area contributed by atoms with E-state index in [0.717, 1.165) is 0 Å². The van der Waals surface area contributed by atoms with Gasteiger partial charge in [-0.2, -0.15) is 0 Å². The average Bonchev–Trinajstić information content (AvgIpc) is 3.14. The zero-order valence-electron chi connectivity index (χ0n) is 21.6. The summed E-state index contributed by atoms with van der Waals surface area (Å²) in [4.78, 5) is 49.7. The smallest absolute Gasteiger partial charge is 0.263 e. The van der Waals surface area contributed by atoms with Gasteiger partial charge in [-0.25, -0.2) is 4.98 Å². The highest BCUT2D eigenvalue weighted by atomic mass is 35.5. The lowest BCUT2D eigenvalue weighted by Gasteiger charge is -2.17. The van der Waals surface area contributed by atoms with Crippen LogP contribution in [0.2, 0.25) is 5.02 Å². The third-order valence-corrected chi connectivity index (χ3v) is 6.72. The molecular formula is C27H26ClN5O6. The third kappa shape index (κ3) is 5.58. The van der Waals surface area contributed by atoms with Crippen LogP contribution < -0.4 is 19.5 Å². The summed E-state index contributed by atoms with van der Waals surface area (Å²) in [6.45, 7) is 3.05. The van der Waals surface area contributed by atoms with E-state index in [1.165, 1.54) is 24.5 Å². The van der Waals surface area contributed by atoms with Gasteiger partial charge in [0.25, 0.3) is 17.7 Å². The number of aryl methyl sites for hydroxylation is 1. The number of hydrogen-bond acceptors (Lipinski definition) is 8. The van der Waals surface area contributed by atoms with Gasteiger partial charge in [0.2, 0.25) is 0 Å². The van der Waals surface area contributed by atoms with Crippen molar-refractivity contribution < 1.29 is 28.6 Å². The van der Waals surface area contributed by atoms with E-state index in [2.05, 4.69) is 15.3 Å². The maximum absolute atomic E-state index is 13.1. The molecule has 1 atom stereocenters. The first-order valence-corrected chi connectivity index (χ1v) is 12.6. The molecule has 0 aliphatic carbocycles. The first-order chi connectivity index (χ1) is 18.7. The largest absolute Gasteiger partial charge is 0.489 e. The topological polar surface area (TPSA) is 123 Å². The predicted molar refractivity (Wildman–Crippen MR) is 142 cm³/mol. The van der Waals surface area contributed by atoms with Crippen LogP contribution in [0.5, 0.6) is 23.0 Å². The number of ether oxygens (including phenoxy) is 3. The number of nitrogens with one attached hydrogen (secondary N) is 1. The van der Waals surface area contributed by atoms with Crippen LogP contribution in [0, 0.1) is 6.92 Å². The summed E-state index contributed by atoms with van der Waals surface area (Å²) < 4.78 is 17.8. The average molecular weight is 552 g/mol. The van der Waals surface area contributed by atoms with Crippen LogP contribution in [-0.4, -0.2) is 77.4 Å². The van der Waals surface area contributed by atoms with E-state index in [9.17, 15) is 14.4 Å². The van der Waals surface area contributed by atoms with Crippen molar-refractivity contribution >= 4 is 35.1 Å². The van der Waals surface area contributed by atoms with E-state index in [4.69, 9.17) is 25.8 Å². The Morgan fingerprint density at radius 2 is 1.87 bits per heavy atom. The second-order valence-corrected chi connectivity index (χ2v) is 9.65. The SMILES string of the molecule is Cc1cnc(NC(=O)c2cc(Oc3ccc4c(c3Cl)OCCN(C)C4=O)cc(O[C@H]3CCN(C)C3=O)c2)cn1. The summed E-state index contributed by atoms with van der Waals surface area (Å²) in [5.41, 5.74) is 1.23. The Balaban J connectivity index is 1.47. The van der Waals surface area contributed by atoms with Crippen molar-refractivity contribution in [2.45, 2.75) is 19.4 Å². The Kier molecular flexibility index (Phi) is 7.25. The number of benzene rings is 2. The number of hydrogen-bond donors (Lipinski definition) is 1. The van der Waals surface area contributed by atoms with Gasteiger partial charge in [-0.15, -0.1) is 0 Å². The second kappa shape index (κ2) is 10.8. The minimum absolute atomic E-state index is 0.121. The molecule has 2 aromatic carbocycles. The van der Waals surface area contributed by atoms with Crippen molar-refractivity contribution in [3.8, 4) is 23.0 Å². The van der Waals surface area contributed by atoms with Crippen LogP contribution in [0.25, 0.3) is 0 Å². The highest BCUT2D eigenvalue weighted by Gasteiger charge is 2.31. The summed E-state index contributed by atoms with van der Waals surface area (Å²) >= 11 is 6.60. The fourth-order valence-electron chi connectivity index (χ4n) is 4.18. The third-order valence-electron chi connectivity index (χ3n) is 6.36. The van der Waals surface area contributed by atoms with E-state index >= 15 is 0 Å². The van der Waals surface area contributed by atoms with Gasteiger partial charge < -0.3 is 29.3 Å². The van der Waals surface area contributed by atoms with Crippen molar-refractivity contribution in [3.05, 3.63) is 64.6 Å². The molecule has 202 valence electrons. The summed E-state index contributed by atoms with van der Waals surface area (Å²) in [7, 11) is 3.39. The highest BCUT2D eigenvalue weighted by Crippen LogP contribution is 2.41. The van der Waals surface area contributed by atoms with Crippen LogP contribution in [0.1, 0.15) is 32.8 Å². The fourth-order valence-corrected chi connectivity index (χ4v) is 4.44. The lowest BCUT2D eigenvalue weighted by atomic mass is 10.1. The van der Waals surface area contributed by atoms with Crippen LogP contribution in [0.3, 0.4) is 0 Å². The molecule has 1 fully saturated rings. The van der Waals surface area contributed by atoms with Crippen molar-refractivity contribution in [2.75, 3.05) is 39.1 Å². The van der Waals surface area contributed by atoms with E-state index in [1.54, 1.807) is 49.0 Å². The van der Waals surface area contributed by atoms with Crippen LogP contribution in [0.4, 0.5) is 5.82 Å². The minimum Gasteiger partial charge on any atom is -0.489 e. The second-order valence-electron chi connectivity index (χ2n) is 9.28. The quantitative estimate of drug-likeness (QED) is 0.493. The lowest BCUT2D eigenvalue weighted by Crippen LogP contribution is -2.29. The molecule has 1 aromatic heterocycles. The molecule has 0 saturated carbocycles. The maximum atomic E-state index is 13.1. The molecule has 3 aromatic rings. The number of aromatic nitrogens is 2. The predicted octanol–water partition coefficient (Wildman–Crippen LogP) is 3.56. The van der Waals surface area contributed by atoms with Gasteiger partial charge in [0.15, 0.2) is 17.7 Å². The number of halogens is 1. The van der Waals surface area contributed by atoms with Crippen LogP contribution in [-0.2, 0) is 4.79 Å². The Hall–Kier alpha value is -4.38. The molecule has 0 unspecified atom stereocenters. The molecule has 39 heavy (non-hydrogen) atoms. The summed E-state index contributed by atoms with van der Waals surface area (Å²) in [6, 6.07) is 7.74. The number of carbonyl (C=O) groups excluding carboxylic acids is 3. The van der Waals surface area contributed by atoms with Gasteiger partial charge in [-0.3, -0.25) is 19.4 Å². The van der Waals surface area contributed by atoms with Gasteiger partial charge in [0.1, 0.15) is 28.9 Å². The van der Waals surface area contributed by atoms with E-state index in [1.807, 2.05) is 0 Å². The molecule has 11 nitrogen and oxygen atoms in total. The van der Waals surface area contributed by atoms with Crippen molar-refractivity contribution in [1.82, 2.24) is 19.8 Å². The fraction of sp³-hybridized carbons (Fsp3) is 0.296. The Morgan fingerprint density at radius 3 is 2.59 bits per heavy atom. The number of likely N-dealkylation sites (N-methyl/N-ethyl adjacent to an activating group) is 2. The van der Waals surface area contributed by atoms with Gasteiger partial charge in [-0.1, -0.05) is 11.6 Å². The summed E-state index contributed by atoms with van der Waals surface area (Å²) in [5.74, 6) is 0.365. The molecule has 0 spiro atoms. The number of carbonyl (C=O) groups is 3. The first kappa shape index (κ1) is 26.2. The normalized spacial score (nSPS) is 16.9. The Morgan fingerprint density at radius 1 is 1.08 bits per heavy atom. The van der Waals surface area contributed by atoms with Gasteiger partial charge in [0.05, 0.1) is 30.2 Å². The van der Waals surface area contributed by atoms with Gasteiger partial charge in [0, 0.05) is 38.7 Å². The minimum atomic E-state index is -0.684. The van der Waals surface area contributed by atoms with Crippen molar-refractivity contribution in [2.24, 2.45) is 0 Å². The molecule has 0 bridgehead atoms. The molecule has 1 saturated heterocycles. The van der Waals surface area contributed by atoms with Crippen LogP contribution >= 0.6 is 11.6 Å².